The first-order chi connectivity index (χ1) is 9.80. The van der Waals surface area contributed by atoms with Crippen molar-refractivity contribution < 1.29 is 4.74 Å². The second kappa shape index (κ2) is 5.38. The van der Waals surface area contributed by atoms with Crippen molar-refractivity contribution in [1.82, 2.24) is 19.9 Å². The number of imidazole rings is 1. The van der Waals surface area contributed by atoms with Crippen LogP contribution in [-0.2, 0) is 0 Å². The summed E-state index contributed by atoms with van der Waals surface area (Å²) in [4.78, 5) is 16.0. The zero-order valence-corrected chi connectivity index (χ0v) is 11.9. The molecule has 0 saturated carbocycles. The highest BCUT2D eigenvalue weighted by Gasteiger charge is 2.10. The number of thioether (sulfide) groups is 1. The average Bonchev–Trinajstić information content (AvgIpc) is 2.96. The van der Waals surface area contributed by atoms with Crippen LogP contribution >= 0.6 is 11.8 Å². The molecule has 0 fully saturated rings. The standard InChI is InChI=1S/C13H13N5OS/c1-19-9-5-3-4-8(6-9)16-12-10-11(15-7-14-10)17-13(18-12)20-2/h3-7H,1-2H3,(H2,14,15,16,17,18). The van der Waals surface area contributed by atoms with E-state index in [2.05, 4.69) is 25.3 Å². The van der Waals surface area contributed by atoms with Crippen molar-refractivity contribution in [2.45, 2.75) is 5.16 Å². The fourth-order valence-corrected chi connectivity index (χ4v) is 2.19. The summed E-state index contributed by atoms with van der Waals surface area (Å²) in [6, 6.07) is 7.67. The van der Waals surface area contributed by atoms with E-state index in [1.54, 1.807) is 13.4 Å². The lowest BCUT2D eigenvalue weighted by Crippen LogP contribution is -1.98. The fraction of sp³-hybridized carbons (Fsp3) is 0.154. The third-order valence-electron chi connectivity index (χ3n) is 2.78. The van der Waals surface area contributed by atoms with Gasteiger partial charge in [0.05, 0.1) is 13.4 Å². The highest BCUT2D eigenvalue weighted by Crippen LogP contribution is 2.25. The first kappa shape index (κ1) is 12.7. The minimum absolute atomic E-state index is 0.648. The molecule has 0 aliphatic rings. The van der Waals surface area contributed by atoms with Crippen LogP contribution in [0.1, 0.15) is 0 Å². The summed E-state index contributed by atoms with van der Waals surface area (Å²) in [6.07, 6.45) is 3.54. The first-order valence-electron chi connectivity index (χ1n) is 5.96. The Morgan fingerprint density at radius 2 is 2.20 bits per heavy atom. The number of hydrogen-bond acceptors (Lipinski definition) is 6. The molecule has 2 aromatic heterocycles. The molecule has 2 N–H and O–H groups in total. The summed E-state index contributed by atoms with van der Waals surface area (Å²) >= 11 is 1.48. The second-order valence-corrected chi connectivity index (χ2v) is 4.79. The molecule has 3 aromatic rings. The van der Waals surface area contributed by atoms with E-state index in [0.29, 0.717) is 16.6 Å². The van der Waals surface area contributed by atoms with E-state index in [1.165, 1.54) is 11.8 Å². The molecule has 0 spiro atoms. The third-order valence-corrected chi connectivity index (χ3v) is 3.33. The zero-order valence-electron chi connectivity index (χ0n) is 11.0. The van der Waals surface area contributed by atoms with Crippen LogP contribution in [0.4, 0.5) is 11.5 Å². The number of rotatable bonds is 4. The summed E-state index contributed by atoms with van der Waals surface area (Å²) < 4.78 is 5.21. The molecule has 102 valence electrons. The van der Waals surface area contributed by atoms with Crippen LogP contribution in [0.5, 0.6) is 5.75 Å². The normalized spacial score (nSPS) is 10.7. The van der Waals surface area contributed by atoms with Gasteiger partial charge in [0.2, 0.25) is 0 Å². The maximum absolute atomic E-state index is 5.21. The van der Waals surface area contributed by atoms with Crippen LogP contribution in [0.25, 0.3) is 11.2 Å². The number of hydrogen-bond donors (Lipinski definition) is 2. The number of methoxy groups -OCH3 is 1. The molecule has 0 aliphatic heterocycles. The number of nitrogens with one attached hydrogen (secondary N) is 2. The van der Waals surface area contributed by atoms with Crippen LogP contribution < -0.4 is 10.1 Å². The summed E-state index contributed by atoms with van der Waals surface area (Å²) in [5.41, 5.74) is 2.33. The van der Waals surface area contributed by atoms with Gasteiger partial charge in [0.25, 0.3) is 0 Å². The van der Waals surface area contributed by atoms with Crippen molar-refractivity contribution in [2.75, 3.05) is 18.7 Å². The summed E-state index contributed by atoms with van der Waals surface area (Å²) in [5, 5.41) is 3.94. The number of nitrogens with zero attached hydrogens (tertiary/aromatic N) is 3. The van der Waals surface area contributed by atoms with Gasteiger partial charge in [-0.15, -0.1) is 0 Å². The van der Waals surface area contributed by atoms with E-state index in [1.807, 2.05) is 30.5 Å². The molecule has 20 heavy (non-hydrogen) atoms. The monoisotopic (exact) mass is 287 g/mol. The molecule has 6 nitrogen and oxygen atoms in total. The van der Waals surface area contributed by atoms with E-state index in [9.17, 15) is 0 Å². The fourth-order valence-electron chi connectivity index (χ4n) is 1.83. The Bertz CT molecular complexity index is 742. The van der Waals surface area contributed by atoms with Gasteiger partial charge in [-0.1, -0.05) is 17.8 Å². The maximum atomic E-state index is 5.21. The van der Waals surface area contributed by atoms with Gasteiger partial charge in [-0.05, 0) is 18.4 Å². The van der Waals surface area contributed by atoms with Gasteiger partial charge < -0.3 is 15.0 Å². The minimum Gasteiger partial charge on any atom is -0.497 e. The Morgan fingerprint density at radius 3 is 3.00 bits per heavy atom. The number of fused-ring (bicyclic) bond motifs is 1. The average molecular weight is 287 g/mol. The highest BCUT2D eigenvalue weighted by molar-refractivity contribution is 7.98. The molecular weight excluding hydrogens is 274 g/mol. The second-order valence-electron chi connectivity index (χ2n) is 4.02. The van der Waals surface area contributed by atoms with Crippen molar-refractivity contribution in [3.63, 3.8) is 0 Å². The molecule has 0 radical (unpaired) electrons. The van der Waals surface area contributed by atoms with Crippen LogP contribution in [0.15, 0.2) is 35.7 Å². The topological polar surface area (TPSA) is 75.7 Å². The van der Waals surface area contributed by atoms with Crippen molar-refractivity contribution in [2.24, 2.45) is 0 Å². The lowest BCUT2D eigenvalue weighted by atomic mass is 10.3. The van der Waals surface area contributed by atoms with Gasteiger partial charge in [-0.2, -0.15) is 0 Å². The lowest BCUT2D eigenvalue weighted by molar-refractivity contribution is 0.415. The maximum Gasteiger partial charge on any atom is 0.191 e. The largest absolute Gasteiger partial charge is 0.497 e. The van der Waals surface area contributed by atoms with Crippen molar-refractivity contribution >= 4 is 34.4 Å². The lowest BCUT2D eigenvalue weighted by Gasteiger charge is -2.08. The molecule has 0 atom stereocenters. The number of aromatic nitrogens is 4. The number of anilines is 2. The van der Waals surface area contributed by atoms with Crippen LogP contribution in [0, 0.1) is 0 Å². The SMILES string of the molecule is COc1cccc(Nc2nc(SC)nc3nc[nH]c23)c1. The van der Waals surface area contributed by atoms with Crippen molar-refractivity contribution in [3.05, 3.63) is 30.6 Å². The molecule has 2 heterocycles. The zero-order chi connectivity index (χ0) is 13.9. The first-order valence-corrected chi connectivity index (χ1v) is 7.19. The Labute approximate surface area is 120 Å². The molecule has 7 heteroatoms. The third kappa shape index (κ3) is 2.39. The number of aromatic amines is 1. The number of ether oxygens (including phenoxy) is 1. The van der Waals surface area contributed by atoms with Gasteiger partial charge in [0, 0.05) is 11.8 Å². The van der Waals surface area contributed by atoms with Crippen molar-refractivity contribution in [3.8, 4) is 5.75 Å². The van der Waals surface area contributed by atoms with Crippen LogP contribution in [0.2, 0.25) is 0 Å². The molecule has 0 aliphatic carbocycles. The predicted molar refractivity (Wildman–Crippen MR) is 79.7 cm³/mol. The highest BCUT2D eigenvalue weighted by atomic mass is 32.2. The van der Waals surface area contributed by atoms with Gasteiger partial charge in [-0.3, -0.25) is 0 Å². The van der Waals surface area contributed by atoms with Crippen LogP contribution in [-0.4, -0.2) is 33.3 Å². The molecule has 0 unspecified atom stereocenters. The molecule has 0 saturated heterocycles. The van der Waals surface area contributed by atoms with Gasteiger partial charge in [-0.25, -0.2) is 15.0 Å². The van der Waals surface area contributed by atoms with Gasteiger partial charge >= 0.3 is 0 Å². The summed E-state index contributed by atoms with van der Waals surface area (Å²) in [6.45, 7) is 0. The van der Waals surface area contributed by atoms with E-state index in [0.717, 1.165) is 17.0 Å². The quantitative estimate of drug-likeness (QED) is 0.567. The molecule has 1 aromatic carbocycles. The van der Waals surface area contributed by atoms with Gasteiger partial charge in [0.1, 0.15) is 11.3 Å². The number of benzene rings is 1. The molecule has 3 rings (SSSR count). The Morgan fingerprint density at radius 1 is 1.30 bits per heavy atom. The molecule has 0 amide bonds. The van der Waals surface area contributed by atoms with E-state index >= 15 is 0 Å². The van der Waals surface area contributed by atoms with Crippen LogP contribution in [0.3, 0.4) is 0 Å². The smallest absolute Gasteiger partial charge is 0.191 e. The van der Waals surface area contributed by atoms with Gasteiger partial charge in [0.15, 0.2) is 16.6 Å². The number of H-pyrrole nitrogens is 1. The molecule has 0 bridgehead atoms. The Balaban J connectivity index is 2.02. The summed E-state index contributed by atoms with van der Waals surface area (Å²) in [7, 11) is 1.64. The Hall–Kier alpha value is -2.28. The summed E-state index contributed by atoms with van der Waals surface area (Å²) in [5.74, 6) is 1.49. The Kier molecular flexibility index (Phi) is 3.42. The minimum atomic E-state index is 0.648. The van der Waals surface area contributed by atoms with Crippen molar-refractivity contribution in [1.29, 1.82) is 0 Å². The predicted octanol–water partition coefficient (Wildman–Crippen LogP) is 2.83. The molecular formula is C13H13N5OS. The van der Waals surface area contributed by atoms with E-state index < -0.39 is 0 Å². The van der Waals surface area contributed by atoms with E-state index in [4.69, 9.17) is 4.74 Å². The van der Waals surface area contributed by atoms with E-state index in [-0.39, 0.29) is 0 Å².